The van der Waals surface area contributed by atoms with Crippen molar-refractivity contribution < 1.29 is 41.0 Å². The molecule has 5 atom stereocenters. The summed E-state index contributed by atoms with van der Waals surface area (Å²) in [6.07, 6.45) is 3.24. The van der Waals surface area contributed by atoms with Crippen molar-refractivity contribution in [1.29, 1.82) is 0 Å². The van der Waals surface area contributed by atoms with Crippen molar-refractivity contribution in [3.05, 3.63) is 59.4 Å². The summed E-state index contributed by atoms with van der Waals surface area (Å²) in [5.41, 5.74) is -1.50. The molecule has 4 aliphatic rings. The van der Waals surface area contributed by atoms with E-state index in [4.69, 9.17) is 14.2 Å². The number of carbonyl (C=O) groups is 1. The van der Waals surface area contributed by atoms with E-state index in [2.05, 4.69) is 9.97 Å². The van der Waals surface area contributed by atoms with E-state index in [1.54, 1.807) is 36.6 Å². The molecular formula is C45H53F5N4O4. The Bertz CT molecular complexity index is 2200. The van der Waals surface area contributed by atoms with Gasteiger partial charge in [0.05, 0.1) is 17.6 Å². The quantitative estimate of drug-likeness (QED) is 0.123. The minimum Gasteiger partial charge on any atom is -0.468 e. The van der Waals surface area contributed by atoms with E-state index in [1.165, 1.54) is 13.2 Å². The van der Waals surface area contributed by atoms with E-state index in [0.29, 0.717) is 61.5 Å². The highest BCUT2D eigenvalue weighted by atomic mass is 19.3. The van der Waals surface area contributed by atoms with Crippen LogP contribution in [0.4, 0.5) is 32.6 Å². The summed E-state index contributed by atoms with van der Waals surface area (Å²) in [5.74, 6) is -6.32. The number of hydrogen-bond acceptors (Lipinski definition) is 7. The maximum Gasteiger partial charge on any atom is 0.410 e. The van der Waals surface area contributed by atoms with Crippen LogP contribution >= 0.6 is 0 Å². The zero-order valence-electron chi connectivity index (χ0n) is 34.0. The van der Waals surface area contributed by atoms with Gasteiger partial charge in [-0.2, -0.15) is 8.78 Å². The molecule has 8 nitrogen and oxygen atoms in total. The number of rotatable bonds is 9. The molecule has 4 fully saturated rings. The Hall–Kier alpha value is -4.26. The van der Waals surface area contributed by atoms with Crippen LogP contribution < -0.4 is 9.64 Å². The lowest BCUT2D eigenvalue weighted by Gasteiger charge is -2.42. The molecule has 312 valence electrons. The van der Waals surface area contributed by atoms with E-state index in [9.17, 15) is 4.79 Å². The lowest BCUT2D eigenvalue weighted by atomic mass is 9.70. The van der Waals surface area contributed by atoms with E-state index in [-0.39, 0.29) is 61.1 Å². The predicted molar refractivity (Wildman–Crippen MR) is 213 cm³/mol. The zero-order chi connectivity index (χ0) is 41.1. The number of nitrogens with zero attached hydrogens (tertiary/aromatic N) is 4. The Labute approximate surface area is 336 Å². The molecule has 0 spiro atoms. The van der Waals surface area contributed by atoms with Crippen LogP contribution in [0.5, 0.6) is 5.75 Å². The maximum absolute atomic E-state index is 17.6. The molecule has 1 aromatic heterocycles. The van der Waals surface area contributed by atoms with Gasteiger partial charge in [-0.15, -0.1) is 0 Å². The molecule has 2 saturated carbocycles. The molecule has 8 rings (SSSR count). The van der Waals surface area contributed by atoms with Crippen LogP contribution in [-0.2, 0) is 21.8 Å². The number of aromatic nitrogens is 2. The molecule has 3 heterocycles. The molecule has 0 N–H and O–H groups in total. The van der Waals surface area contributed by atoms with Crippen LogP contribution in [0.25, 0.3) is 32.8 Å². The average molecular weight is 809 g/mol. The molecule has 2 bridgehead atoms. The Morgan fingerprint density at radius 2 is 1.72 bits per heavy atom. The molecule has 1 amide bonds. The van der Waals surface area contributed by atoms with Gasteiger partial charge >= 0.3 is 12.0 Å². The van der Waals surface area contributed by atoms with Crippen molar-refractivity contribution in [2.75, 3.05) is 31.9 Å². The first-order chi connectivity index (χ1) is 27.6. The second-order valence-electron chi connectivity index (χ2n) is 17.9. The number of benzene rings is 3. The fourth-order valence-electron chi connectivity index (χ4n) is 10.6. The second kappa shape index (κ2) is 15.4. The number of halogens is 5. The molecule has 13 heteroatoms. The van der Waals surface area contributed by atoms with Crippen LogP contribution in [0.1, 0.15) is 103 Å². The van der Waals surface area contributed by atoms with Gasteiger partial charge in [0.1, 0.15) is 34.7 Å². The van der Waals surface area contributed by atoms with Gasteiger partial charge in [0, 0.05) is 32.0 Å². The second-order valence-corrected chi connectivity index (χ2v) is 17.9. The lowest BCUT2D eigenvalue weighted by molar-refractivity contribution is -0.0760. The first-order valence-electron chi connectivity index (χ1n) is 20.8. The number of piperazine rings is 1. The SMILES string of the molecule is CCc1cccc2cc(OCOC)cc(-c3c(F)cc4c(N5CC6CCC(C5)N6C(=O)OC(C)(C)C)nc(C(F)(F)C[C@@]56CCCC5CCC[C@H](F)C6)nc4c3F)c12. The summed E-state index contributed by atoms with van der Waals surface area (Å²) in [5, 5.41) is 1.23. The number of methoxy groups -OCH3 is 1. The number of hydrogen-bond donors (Lipinski definition) is 0. The number of anilines is 1. The Balaban J connectivity index is 1.30. The average Bonchev–Trinajstić information content (AvgIpc) is 3.61. The van der Waals surface area contributed by atoms with Crippen LogP contribution in [0.3, 0.4) is 0 Å². The van der Waals surface area contributed by atoms with Gasteiger partial charge < -0.3 is 19.1 Å². The third-order valence-corrected chi connectivity index (χ3v) is 13.0. The Morgan fingerprint density at radius 3 is 2.43 bits per heavy atom. The van der Waals surface area contributed by atoms with Gasteiger partial charge in [0.2, 0.25) is 5.82 Å². The normalized spacial score (nSPS) is 25.0. The summed E-state index contributed by atoms with van der Waals surface area (Å²) < 4.78 is 101. The molecule has 2 saturated heterocycles. The molecule has 0 radical (unpaired) electrons. The number of carbonyl (C=O) groups excluding carboxylic acids is 1. The van der Waals surface area contributed by atoms with Crippen LogP contribution in [-0.4, -0.2) is 71.8 Å². The van der Waals surface area contributed by atoms with Crippen LogP contribution in [0, 0.1) is 23.0 Å². The molecular weight excluding hydrogens is 756 g/mol. The van der Waals surface area contributed by atoms with Crippen molar-refractivity contribution in [2.45, 2.75) is 128 Å². The number of ether oxygens (including phenoxy) is 3. The standard InChI is InChI=1S/C45H53F5N4O4/c1-6-26-10-7-11-27-18-32(57-25-56-5)19-33(36(26)27)37-35(47)20-34-39(38(37)48)51-41(45(49,50)24-44-17-9-13-28(44)12-8-14-29(46)21-44)52-40(34)53-22-30-15-16-31(23-53)54(30)42(55)58-43(2,3)4/h7,10-11,18-20,28-31H,6,8-9,12-17,21-25H2,1-5H3/t28?,29-,30?,31?,44-/m0/s1. The van der Waals surface area contributed by atoms with Gasteiger partial charge in [-0.3, -0.25) is 4.90 Å². The van der Waals surface area contributed by atoms with Crippen molar-refractivity contribution >= 4 is 33.6 Å². The first kappa shape index (κ1) is 40.5. The fraction of sp³-hybridized carbons (Fsp3) is 0.578. The van der Waals surface area contributed by atoms with Crippen molar-refractivity contribution in [3.8, 4) is 16.9 Å². The van der Waals surface area contributed by atoms with Crippen LogP contribution in [0.2, 0.25) is 0 Å². The largest absolute Gasteiger partial charge is 0.468 e. The molecule has 58 heavy (non-hydrogen) atoms. The lowest BCUT2D eigenvalue weighted by Crippen LogP contribution is -2.57. The zero-order valence-corrected chi connectivity index (χ0v) is 34.0. The summed E-state index contributed by atoms with van der Waals surface area (Å²) in [6.45, 7) is 7.59. The summed E-state index contributed by atoms with van der Waals surface area (Å²) in [7, 11) is 1.46. The van der Waals surface area contributed by atoms with E-state index >= 15 is 22.0 Å². The highest BCUT2D eigenvalue weighted by Crippen LogP contribution is 2.58. The van der Waals surface area contributed by atoms with Crippen LogP contribution in [0.15, 0.2) is 36.4 Å². The highest BCUT2D eigenvalue weighted by Gasteiger charge is 2.53. The number of fused-ring (bicyclic) bond motifs is 5. The third kappa shape index (κ3) is 7.45. The van der Waals surface area contributed by atoms with E-state index < -0.39 is 64.2 Å². The summed E-state index contributed by atoms with van der Waals surface area (Å²) in [4.78, 5) is 25.6. The van der Waals surface area contributed by atoms with E-state index in [0.717, 1.165) is 24.5 Å². The predicted octanol–water partition coefficient (Wildman–Crippen LogP) is 11.0. The minimum atomic E-state index is -3.66. The van der Waals surface area contributed by atoms with Gasteiger partial charge in [0.25, 0.3) is 0 Å². The Kier molecular flexibility index (Phi) is 10.8. The fourth-order valence-corrected chi connectivity index (χ4v) is 10.6. The number of aryl methyl sites for hydroxylation is 1. The van der Waals surface area contributed by atoms with E-state index in [1.807, 2.05) is 25.1 Å². The van der Waals surface area contributed by atoms with Gasteiger partial charge in [-0.1, -0.05) is 38.0 Å². The Morgan fingerprint density at radius 1 is 0.983 bits per heavy atom. The molecule has 3 aromatic carbocycles. The topological polar surface area (TPSA) is 77.0 Å². The van der Waals surface area contributed by atoms with Gasteiger partial charge in [0.15, 0.2) is 12.6 Å². The molecule has 2 aliphatic heterocycles. The smallest absolute Gasteiger partial charge is 0.410 e. The monoisotopic (exact) mass is 808 g/mol. The highest BCUT2D eigenvalue weighted by molar-refractivity contribution is 6.03. The number of alkyl halides is 3. The van der Waals surface area contributed by atoms with Gasteiger partial charge in [-0.25, -0.2) is 27.9 Å². The molecule has 2 aliphatic carbocycles. The van der Waals surface area contributed by atoms with Crippen molar-refractivity contribution in [2.24, 2.45) is 11.3 Å². The summed E-state index contributed by atoms with van der Waals surface area (Å²) >= 11 is 0. The van der Waals surface area contributed by atoms with Crippen molar-refractivity contribution in [1.82, 2.24) is 14.9 Å². The maximum atomic E-state index is 17.6. The summed E-state index contributed by atoms with van der Waals surface area (Å²) in [6, 6.07) is 9.33. The van der Waals surface area contributed by atoms with Crippen molar-refractivity contribution in [3.63, 3.8) is 0 Å². The first-order valence-corrected chi connectivity index (χ1v) is 20.8. The molecule has 4 aromatic rings. The molecule has 3 unspecified atom stereocenters. The minimum absolute atomic E-state index is 0.0225. The van der Waals surface area contributed by atoms with Gasteiger partial charge in [-0.05, 0) is 124 Å². The third-order valence-electron chi connectivity index (χ3n) is 13.0. The number of amides is 1.